The molecule has 5 atom stereocenters. The van der Waals surface area contributed by atoms with E-state index in [1.54, 1.807) is 24.3 Å². The van der Waals surface area contributed by atoms with Crippen LogP contribution in [0.25, 0.3) is 0 Å². The molecular formula is C26H25BrN2O5. The molecule has 0 unspecified atom stereocenters. The largest absolute Gasteiger partial charge is 0.454 e. The molecule has 3 aliphatic rings. The van der Waals surface area contributed by atoms with Gasteiger partial charge in [0.05, 0.1) is 11.8 Å². The number of fused-ring (bicyclic) bond motifs is 5. The molecule has 176 valence electrons. The Hall–Kier alpha value is -3.00. The van der Waals surface area contributed by atoms with Gasteiger partial charge < -0.3 is 10.1 Å². The number of nitrogens with one attached hydrogen (secondary N) is 1. The summed E-state index contributed by atoms with van der Waals surface area (Å²) in [6.45, 7) is -0.505. The van der Waals surface area contributed by atoms with Gasteiger partial charge in [-0.3, -0.25) is 19.3 Å². The topological polar surface area (TPSA) is 92.8 Å². The highest BCUT2D eigenvalue weighted by atomic mass is 79.9. The molecule has 2 bridgehead atoms. The summed E-state index contributed by atoms with van der Waals surface area (Å²) in [4.78, 5) is 53.3. The van der Waals surface area contributed by atoms with E-state index in [-0.39, 0.29) is 41.9 Å². The van der Waals surface area contributed by atoms with E-state index in [2.05, 4.69) is 21.2 Å². The van der Waals surface area contributed by atoms with E-state index in [9.17, 15) is 19.2 Å². The Morgan fingerprint density at radius 3 is 2.21 bits per heavy atom. The smallest absolute Gasteiger partial charge is 0.330 e. The molecule has 34 heavy (non-hydrogen) atoms. The van der Waals surface area contributed by atoms with Crippen molar-refractivity contribution < 1.29 is 23.9 Å². The fourth-order valence-corrected chi connectivity index (χ4v) is 6.08. The van der Waals surface area contributed by atoms with Crippen molar-refractivity contribution >= 4 is 45.3 Å². The Bertz CT molecular complexity index is 1090. The quantitative estimate of drug-likeness (QED) is 0.441. The van der Waals surface area contributed by atoms with Gasteiger partial charge in [0.25, 0.3) is 5.91 Å². The van der Waals surface area contributed by atoms with Gasteiger partial charge in [-0.25, -0.2) is 4.79 Å². The van der Waals surface area contributed by atoms with Crippen LogP contribution >= 0.6 is 15.9 Å². The number of anilines is 1. The molecule has 0 spiro atoms. The maximum absolute atomic E-state index is 13.3. The lowest BCUT2D eigenvalue weighted by Gasteiger charge is -2.26. The Balaban J connectivity index is 1.31. The van der Waals surface area contributed by atoms with Crippen molar-refractivity contribution in [3.05, 3.63) is 64.6 Å². The minimum Gasteiger partial charge on any atom is -0.454 e. The fourth-order valence-electron chi connectivity index (χ4n) is 5.82. The van der Waals surface area contributed by atoms with Gasteiger partial charge in [-0.05, 0) is 60.9 Å². The van der Waals surface area contributed by atoms with Gasteiger partial charge in [-0.2, -0.15) is 0 Å². The van der Waals surface area contributed by atoms with Crippen LogP contribution in [0.5, 0.6) is 0 Å². The van der Waals surface area contributed by atoms with E-state index < -0.39 is 24.5 Å². The van der Waals surface area contributed by atoms with Gasteiger partial charge in [0.1, 0.15) is 6.04 Å². The lowest BCUT2D eigenvalue weighted by Crippen LogP contribution is -2.48. The standard InChI is InChI=1S/C26H25BrN2O5/c27-18-8-10-19(11-9-18)28-21(30)14-34-26(33)20(12-15-4-2-1-3-5-15)29-24(31)22-16-6-7-17(13-16)23(22)25(29)32/h1-5,8-11,16-17,20,22-23H,6-7,12-14H2,(H,28,30)/t16-,17-,20-,22-,23-/m0/s1. The summed E-state index contributed by atoms with van der Waals surface area (Å²) in [6, 6.07) is 15.1. The van der Waals surface area contributed by atoms with Gasteiger partial charge in [0, 0.05) is 16.6 Å². The fraction of sp³-hybridized carbons (Fsp3) is 0.385. The van der Waals surface area contributed by atoms with E-state index in [1.165, 1.54) is 0 Å². The molecule has 3 fully saturated rings. The van der Waals surface area contributed by atoms with Crippen molar-refractivity contribution in [1.82, 2.24) is 4.90 Å². The molecule has 2 saturated carbocycles. The SMILES string of the molecule is O=C(COC(=O)[C@H](Cc1ccccc1)N1C(=O)[C@H]2[C@H]3CC[C@@H](C3)[C@@H]2C1=O)Nc1ccc(Br)cc1. The molecule has 2 aromatic rings. The maximum atomic E-state index is 13.3. The molecule has 1 saturated heterocycles. The van der Waals surface area contributed by atoms with Crippen molar-refractivity contribution in [2.24, 2.45) is 23.7 Å². The van der Waals surface area contributed by atoms with Crippen molar-refractivity contribution in [1.29, 1.82) is 0 Å². The molecule has 1 heterocycles. The lowest BCUT2D eigenvalue weighted by molar-refractivity contribution is -0.160. The second-order valence-electron chi connectivity index (χ2n) is 9.30. The highest BCUT2D eigenvalue weighted by molar-refractivity contribution is 9.10. The van der Waals surface area contributed by atoms with E-state index in [1.807, 2.05) is 30.3 Å². The number of carbonyl (C=O) groups excluding carboxylic acids is 4. The predicted octanol–water partition coefficient (Wildman–Crippen LogP) is 3.57. The number of imide groups is 1. The van der Waals surface area contributed by atoms with Gasteiger partial charge in [-0.15, -0.1) is 0 Å². The Labute approximate surface area is 206 Å². The summed E-state index contributed by atoms with van der Waals surface area (Å²) < 4.78 is 6.20. The molecular weight excluding hydrogens is 500 g/mol. The Morgan fingerprint density at radius 1 is 0.971 bits per heavy atom. The average Bonchev–Trinajstić information content (AvgIpc) is 3.52. The number of nitrogens with zero attached hydrogens (tertiary/aromatic N) is 1. The third kappa shape index (κ3) is 4.27. The molecule has 5 rings (SSSR count). The number of carbonyl (C=O) groups is 4. The Morgan fingerprint density at radius 2 is 1.59 bits per heavy atom. The normalized spacial score (nSPS) is 25.9. The molecule has 8 heteroatoms. The van der Waals surface area contributed by atoms with Gasteiger partial charge in [0.2, 0.25) is 11.8 Å². The number of hydrogen-bond donors (Lipinski definition) is 1. The molecule has 3 amide bonds. The summed E-state index contributed by atoms with van der Waals surface area (Å²) in [7, 11) is 0. The third-order valence-corrected chi connectivity index (χ3v) is 7.82. The van der Waals surface area contributed by atoms with Crippen LogP contribution in [-0.2, 0) is 30.3 Å². The highest BCUT2D eigenvalue weighted by Gasteiger charge is 2.62. The molecule has 0 radical (unpaired) electrons. The molecule has 0 aromatic heterocycles. The number of hydrogen-bond acceptors (Lipinski definition) is 5. The van der Waals surface area contributed by atoms with Gasteiger partial charge in [0.15, 0.2) is 6.61 Å². The van der Waals surface area contributed by atoms with E-state index >= 15 is 0 Å². The zero-order valence-corrected chi connectivity index (χ0v) is 20.1. The molecule has 2 aliphatic carbocycles. The van der Waals surface area contributed by atoms with Gasteiger partial charge >= 0.3 is 5.97 Å². The van der Waals surface area contributed by atoms with Crippen molar-refractivity contribution in [3.63, 3.8) is 0 Å². The van der Waals surface area contributed by atoms with Crippen LogP contribution in [0.1, 0.15) is 24.8 Å². The number of esters is 1. The molecule has 1 N–H and O–H groups in total. The second-order valence-corrected chi connectivity index (χ2v) is 10.2. The minimum absolute atomic E-state index is 0.153. The summed E-state index contributed by atoms with van der Waals surface area (Å²) in [5, 5.41) is 2.67. The summed E-state index contributed by atoms with van der Waals surface area (Å²) >= 11 is 3.33. The van der Waals surface area contributed by atoms with Crippen LogP contribution in [0.3, 0.4) is 0 Å². The van der Waals surface area contributed by atoms with Gasteiger partial charge in [-0.1, -0.05) is 46.3 Å². The van der Waals surface area contributed by atoms with Crippen LogP contribution in [0.15, 0.2) is 59.1 Å². The monoisotopic (exact) mass is 524 g/mol. The lowest BCUT2D eigenvalue weighted by atomic mass is 9.81. The first-order valence-corrected chi connectivity index (χ1v) is 12.3. The molecule has 1 aliphatic heterocycles. The van der Waals surface area contributed by atoms with Crippen molar-refractivity contribution in [3.8, 4) is 0 Å². The predicted molar refractivity (Wildman–Crippen MR) is 127 cm³/mol. The van der Waals surface area contributed by atoms with E-state index in [0.717, 1.165) is 34.2 Å². The summed E-state index contributed by atoms with van der Waals surface area (Å²) in [5.41, 5.74) is 1.38. The van der Waals surface area contributed by atoms with Crippen molar-refractivity contribution in [2.75, 3.05) is 11.9 Å². The van der Waals surface area contributed by atoms with Crippen LogP contribution in [0.2, 0.25) is 0 Å². The highest BCUT2D eigenvalue weighted by Crippen LogP contribution is 2.56. The second kappa shape index (κ2) is 9.33. The van der Waals surface area contributed by atoms with Crippen LogP contribution in [-0.4, -0.2) is 41.2 Å². The van der Waals surface area contributed by atoms with E-state index in [4.69, 9.17) is 4.74 Å². The number of rotatable bonds is 7. The number of likely N-dealkylation sites (tertiary alicyclic amines) is 1. The Kier molecular flexibility index (Phi) is 6.25. The first-order valence-electron chi connectivity index (χ1n) is 11.6. The first kappa shape index (κ1) is 22.8. The number of benzene rings is 2. The minimum atomic E-state index is -1.09. The zero-order chi connectivity index (χ0) is 23.8. The van der Waals surface area contributed by atoms with Crippen molar-refractivity contribution in [2.45, 2.75) is 31.7 Å². The zero-order valence-electron chi connectivity index (χ0n) is 18.5. The average molecular weight is 525 g/mol. The first-order chi connectivity index (χ1) is 16.4. The summed E-state index contributed by atoms with van der Waals surface area (Å²) in [6.07, 6.45) is 3.00. The van der Waals surface area contributed by atoms with Crippen LogP contribution in [0.4, 0.5) is 5.69 Å². The number of ether oxygens (including phenoxy) is 1. The number of halogens is 1. The van der Waals surface area contributed by atoms with E-state index in [0.29, 0.717) is 5.69 Å². The maximum Gasteiger partial charge on any atom is 0.330 e. The summed E-state index contributed by atoms with van der Waals surface area (Å²) in [5.74, 6) is -1.97. The number of amides is 3. The molecule has 7 nitrogen and oxygen atoms in total. The molecule has 2 aromatic carbocycles. The van der Waals surface area contributed by atoms with Crippen LogP contribution < -0.4 is 5.32 Å². The van der Waals surface area contributed by atoms with Crippen LogP contribution in [0, 0.1) is 23.7 Å². The third-order valence-electron chi connectivity index (χ3n) is 7.29.